The van der Waals surface area contributed by atoms with Crippen molar-refractivity contribution in [3.63, 3.8) is 0 Å². The Bertz CT molecular complexity index is 633. The van der Waals surface area contributed by atoms with Crippen LogP contribution >= 0.6 is 24.0 Å². The van der Waals surface area contributed by atoms with Crippen LogP contribution < -0.4 is 10.0 Å². The van der Waals surface area contributed by atoms with Gasteiger partial charge in [0.15, 0.2) is 0 Å². The molecule has 2 rings (SSSR count). The van der Waals surface area contributed by atoms with Gasteiger partial charge >= 0.3 is 6.18 Å². The first-order valence-corrected chi connectivity index (χ1v) is 8.63. The lowest BCUT2D eigenvalue weighted by molar-refractivity contribution is -0.137. The van der Waals surface area contributed by atoms with E-state index >= 15 is 0 Å². The Hall–Kier alpha value is -0.540. The maximum atomic E-state index is 12.8. The van der Waals surface area contributed by atoms with Gasteiger partial charge in [-0.05, 0) is 50.0 Å². The van der Waals surface area contributed by atoms with Gasteiger partial charge in [-0.25, -0.2) is 13.1 Å². The quantitative estimate of drug-likeness (QED) is 0.809. The van der Waals surface area contributed by atoms with Crippen molar-refractivity contribution in [1.82, 2.24) is 10.0 Å². The molecule has 10 heteroatoms. The SMILES string of the molecule is Cl.O=S(=O)(NCCC1CCNC1)c1ccc(Cl)c(C(F)(F)F)c1. The first-order valence-electron chi connectivity index (χ1n) is 6.77. The minimum Gasteiger partial charge on any atom is -0.316 e. The highest BCUT2D eigenvalue weighted by atomic mass is 35.5. The topological polar surface area (TPSA) is 58.2 Å². The molecule has 0 aromatic heterocycles. The van der Waals surface area contributed by atoms with Crippen molar-refractivity contribution < 1.29 is 21.6 Å². The Morgan fingerprint density at radius 3 is 2.61 bits per heavy atom. The average Bonchev–Trinajstić information content (AvgIpc) is 2.90. The predicted molar refractivity (Wildman–Crippen MR) is 84.5 cm³/mol. The fraction of sp³-hybridized carbons (Fsp3) is 0.538. The van der Waals surface area contributed by atoms with E-state index in [4.69, 9.17) is 11.6 Å². The Labute approximate surface area is 144 Å². The fourth-order valence-electron chi connectivity index (χ4n) is 2.33. The normalized spacial score (nSPS) is 18.7. The molecule has 0 amide bonds. The molecule has 1 atom stereocenters. The molecule has 1 unspecified atom stereocenters. The van der Waals surface area contributed by atoms with Crippen molar-refractivity contribution in [1.29, 1.82) is 0 Å². The van der Waals surface area contributed by atoms with E-state index in [-0.39, 0.29) is 19.0 Å². The van der Waals surface area contributed by atoms with E-state index in [1.54, 1.807) is 0 Å². The highest BCUT2D eigenvalue weighted by Crippen LogP contribution is 2.35. The molecule has 0 spiro atoms. The van der Waals surface area contributed by atoms with Crippen molar-refractivity contribution in [3.8, 4) is 0 Å². The monoisotopic (exact) mass is 392 g/mol. The van der Waals surface area contributed by atoms with Gasteiger partial charge in [0.2, 0.25) is 10.0 Å². The van der Waals surface area contributed by atoms with Crippen molar-refractivity contribution in [2.75, 3.05) is 19.6 Å². The highest BCUT2D eigenvalue weighted by Gasteiger charge is 2.34. The Balaban J connectivity index is 0.00000264. The molecule has 1 aromatic rings. The third kappa shape index (κ3) is 5.49. The summed E-state index contributed by atoms with van der Waals surface area (Å²) in [6.45, 7) is 1.93. The summed E-state index contributed by atoms with van der Waals surface area (Å²) in [4.78, 5) is -0.436. The summed E-state index contributed by atoms with van der Waals surface area (Å²) < 4.78 is 64.8. The Kier molecular flexibility index (Phi) is 7.15. The van der Waals surface area contributed by atoms with Gasteiger partial charge in [0.25, 0.3) is 0 Å². The zero-order chi connectivity index (χ0) is 16.4. The summed E-state index contributed by atoms with van der Waals surface area (Å²) in [7, 11) is -3.98. The molecule has 0 bridgehead atoms. The van der Waals surface area contributed by atoms with E-state index in [0.29, 0.717) is 18.4 Å². The number of nitrogens with one attached hydrogen (secondary N) is 2. The van der Waals surface area contributed by atoms with Crippen LogP contribution in [0.1, 0.15) is 18.4 Å². The van der Waals surface area contributed by atoms with Crippen molar-refractivity contribution in [2.45, 2.75) is 23.9 Å². The highest BCUT2D eigenvalue weighted by molar-refractivity contribution is 7.89. The Morgan fingerprint density at radius 2 is 2.04 bits per heavy atom. The lowest BCUT2D eigenvalue weighted by Gasteiger charge is -2.13. The van der Waals surface area contributed by atoms with Gasteiger partial charge in [-0.1, -0.05) is 11.6 Å². The third-order valence-electron chi connectivity index (χ3n) is 3.56. The van der Waals surface area contributed by atoms with Gasteiger partial charge in [0, 0.05) is 6.54 Å². The molecular weight excluding hydrogens is 376 g/mol. The van der Waals surface area contributed by atoms with Crippen LogP contribution in [-0.4, -0.2) is 28.1 Å². The smallest absolute Gasteiger partial charge is 0.316 e. The van der Waals surface area contributed by atoms with Crippen molar-refractivity contribution in [2.24, 2.45) is 5.92 Å². The van der Waals surface area contributed by atoms with Gasteiger partial charge in [0.05, 0.1) is 15.5 Å². The second kappa shape index (κ2) is 8.02. The molecule has 1 saturated heterocycles. The molecular formula is C13H17Cl2F3N2O2S. The maximum absolute atomic E-state index is 12.8. The van der Waals surface area contributed by atoms with E-state index in [0.717, 1.165) is 31.6 Å². The molecule has 1 fully saturated rings. The largest absolute Gasteiger partial charge is 0.417 e. The fourth-order valence-corrected chi connectivity index (χ4v) is 3.63. The van der Waals surface area contributed by atoms with E-state index in [1.165, 1.54) is 0 Å². The van der Waals surface area contributed by atoms with Gasteiger partial charge in [-0.15, -0.1) is 12.4 Å². The number of sulfonamides is 1. The molecule has 0 saturated carbocycles. The van der Waals surface area contributed by atoms with E-state index in [1.807, 2.05) is 0 Å². The molecule has 0 radical (unpaired) electrons. The number of alkyl halides is 3. The number of rotatable bonds is 5. The number of hydrogen-bond acceptors (Lipinski definition) is 3. The summed E-state index contributed by atoms with van der Waals surface area (Å²) in [6.07, 6.45) is -3.08. The zero-order valence-corrected chi connectivity index (χ0v) is 14.4. The first-order chi connectivity index (χ1) is 10.2. The third-order valence-corrected chi connectivity index (χ3v) is 5.35. The molecule has 1 aromatic carbocycles. The van der Waals surface area contributed by atoms with Crippen LogP contribution in [0.4, 0.5) is 13.2 Å². The van der Waals surface area contributed by atoms with Crippen LogP contribution in [0.5, 0.6) is 0 Å². The van der Waals surface area contributed by atoms with E-state index < -0.39 is 31.7 Å². The average molecular weight is 393 g/mol. The van der Waals surface area contributed by atoms with Gasteiger partial charge in [-0.2, -0.15) is 13.2 Å². The van der Waals surface area contributed by atoms with Gasteiger partial charge in [-0.3, -0.25) is 0 Å². The number of hydrogen-bond donors (Lipinski definition) is 2. The van der Waals surface area contributed by atoms with Gasteiger partial charge < -0.3 is 5.32 Å². The summed E-state index contributed by atoms with van der Waals surface area (Å²) in [5.41, 5.74) is -1.16. The Morgan fingerprint density at radius 1 is 1.35 bits per heavy atom. The molecule has 0 aliphatic carbocycles. The standard InChI is InChI=1S/C13H16ClF3N2O2S.ClH/c14-12-2-1-10(7-11(12)13(15,16)17)22(20,21)19-6-4-9-3-5-18-8-9;/h1-2,7,9,18-19H,3-6,8H2;1H. The number of benzene rings is 1. The lowest BCUT2D eigenvalue weighted by atomic mass is 10.1. The second-order valence-electron chi connectivity index (χ2n) is 5.18. The van der Waals surface area contributed by atoms with Crippen molar-refractivity contribution in [3.05, 3.63) is 28.8 Å². The minimum absolute atomic E-state index is 0. The lowest BCUT2D eigenvalue weighted by Crippen LogP contribution is -2.27. The summed E-state index contributed by atoms with van der Waals surface area (Å²) in [6, 6.07) is 2.57. The molecule has 132 valence electrons. The summed E-state index contributed by atoms with van der Waals surface area (Å²) >= 11 is 5.48. The number of halogens is 5. The zero-order valence-electron chi connectivity index (χ0n) is 12.0. The first kappa shape index (κ1) is 20.5. The molecule has 2 N–H and O–H groups in total. The van der Waals surface area contributed by atoms with Crippen LogP contribution in [-0.2, 0) is 16.2 Å². The maximum Gasteiger partial charge on any atom is 0.417 e. The van der Waals surface area contributed by atoms with Crippen LogP contribution in [0.3, 0.4) is 0 Å². The molecule has 23 heavy (non-hydrogen) atoms. The predicted octanol–water partition coefficient (Wildman–Crippen LogP) is 3.06. The van der Waals surface area contributed by atoms with Crippen molar-refractivity contribution >= 4 is 34.0 Å². The van der Waals surface area contributed by atoms with E-state index in [9.17, 15) is 21.6 Å². The summed E-state index contributed by atoms with van der Waals surface area (Å²) in [5.74, 6) is 0.388. The summed E-state index contributed by atoms with van der Waals surface area (Å²) in [5, 5.41) is 2.64. The van der Waals surface area contributed by atoms with Crippen LogP contribution in [0.15, 0.2) is 23.1 Å². The second-order valence-corrected chi connectivity index (χ2v) is 7.36. The van der Waals surface area contributed by atoms with E-state index in [2.05, 4.69) is 10.0 Å². The van der Waals surface area contributed by atoms with Crippen LogP contribution in [0, 0.1) is 5.92 Å². The van der Waals surface area contributed by atoms with Gasteiger partial charge in [0.1, 0.15) is 0 Å². The molecule has 4 nitrogen and oxygen atoms in total. The van der Waals surface area contributed by atoms with Crippen LogP contribution in [0.25, 0.3) is 0 Å². The van der Waals surface area contributed by atoms with Crippen LogP contribution in [0.2, 0.25) is 5.02 Å². The molecule has 1 heterocycles. The molecule has 1 aliphatic heterocycles. The molecule has 1 aliphatic rings. The minimum atomic E-state index is -4.70.